The molecule has 0 aromatic heterocycles. The van der Waals surface area contributed by atoms with E-state index in [0.29, 0.717) is 12.8 Å². The number of amides is 1. The molecule has 3 aliphatic heterocycles. The second kappa shape index (κ2) is 64.1. The molecule has 3 rings (SSSR count). The molecule has 3 fully saturated rings. The van der Waals surface area contributed by atoms with Crippen LogP contribution in [0.15, 0.2) is 122 Å². The molecular formula is C85H145NO18. The summed E-state index contributed by atoms with van der Waals surface area (Å²) in [6, 6.07) is -1.01. The van der Waals surface area contributed by atoms with Gasteiger partial charge in [0.1, 0.15) is 73.2 Å². The first-order valence-electron chi connectivity index (χ1n) is 40.8. The first-order valence-corrected chi connectivity index (χ1v) is 40.8. The van der Waals surface area contributed by atoms with E-state index in [1.807, 2.05) is 6.08 Å². The minimum atomic E-state index is -1.99. The summed E-state index contributed by atoms with van der Waals surface area (Å²) >= 11 is 0. The summed E-state index contributed by atoms with van der Waals surface area (Å²) in [6.45, 7) is 1.61. The number of rotatable bonds is 63. The second-order valence-electron chi connectivity index (χ2n) is 28.5. The van der Waals surface area contributed by atoms with Crippen molar-refractivity contribution in [1.29, 1.82) is 0 Å². The lowest BCUT2D eigenvalue weighted by molar-refractivity contribution is -0.379. The summed E-state index contributed by atoms with van der Waals surface area (Å²) in [5, 5.41) is 121. The van der Waals surface area contributed by atoms with Crippen molar-refractivity contribution in [2.45, 2.75) is 381 Å². The lowest BCUT2D eigenvalue weighted by Gasteiger charge is -2.48. The number of hydrogen-bond acceptors (Lipinski definition) is 18. The van der Waals surface area contributed by atoms with Crippen molar-refractivity contribution in [2.24, 2.45) is 0 Å². The molecule has 1 amide bonds. The Labute approximate surface area is 627 Å². The highest BCUT2D eigenvalue weighted by Gasteiger charge is 2.54. The number of unbranched alkanes of at least 4 members (excludes halogenated alkanes) is 29. The topological polar surface area (TPSA) is 307 Å². The van der Waals surface area contributed by atoms with E-state index in [1.165, 1.54) is 141 Å². The molecular weight excluding hydrogens is 1320 g/mol. The highest BCUT2D eigenvalue weighted by molar-refractivity contribution is 5.76. The van der Waals surface area contributed by atoms with Crippen LogP contribution in [0.4, 0.5) is 0 Å². The monoisotopic (exact) mass is 1470 g/mol. The summed E-state index contributed by atoms with van der Waals surface area (Å²) in [7, 11) is 0. The third kappa shape index (κ3) is 43.4. The maximum atomic E-state index is 13.5. The van der Waals surface area contributed by atoms with E-state index in [2.05, 4.69) is 129 Å². The maximum absolute atomic E-state index is 13.5. The number of carbonyl (C=O) groups is 1. The van der Waals surface area contributed by atoms with Gasteiger partial charge in [0, 0.05) is 6.42 Å². The molecule has 0 saturated carbocycles. The molecule has 0 aromatic rings. The second-order valence-corrected chi connectivity index (χ2v) is 28.5. The van der Waals surface area contributed by atoms with Crippen LogP contribution in [0.5, 0.6) is 0 Å². The van der Waals surface area contributed by atoms with Crippen LogP contribution in [0, 0.1) is 0 Å². The highest BCUT2D eigenvalue weighted by Crippen LogP contribution is 2.33. The van der Waals surface area contributed by atoms with Crippen molar-refractivity contribution >= 4 is 5.91 Å². The van der Waals surface area contributed by atoms with E-state index in [0.717, 1.165) is 103 Å². The third-order valence-electron chi connectivity index (χ3n) is 19.5. The van der Waals surface area contributed by atoms with Crippen LogP contribution >= 0.6 is 0 Å². The van der Waals surface area contributed by atoms with Crippen molar-refractivity contribution in [3.05, 3.63) is 122 Å². The Kier molecular flexibility index (Phi) is 58.1. The first-order chi connectivity index (χ1) is 50.8. The normalized spacial score (nSPS) is 26.6. The van der Waals surface area contributed by atoms with Crippen LogP contribution in [0.2, 0.25) is 0 Å². The molecule has 598 valence electrons. The predicted octanol–water partition coefficient (Wildman–Crippen LogP) is 13.9. The average Bonchev–Trinajstić information content (AvgIpc) is 0.783. The Morgan fingerprint density at radius 2 is 0.673 bits per heavy atom. The van der Waals surface area contributed by atoms with Gasteiger partial charge in [-0.25, -0.2) is 0 Å². The van der Waals surface area contributed by atoms with Crippen molar-refractivity contribution in [3.8, 4) is 0 Å². The first kappa shape index (κ1) is 94.4. The zero-order valence-corrected chi connectivity index (χ0v) is 64.0. The van der Waals surface area contributed by atoms with Gasteiger partial charge in [0.25, 0.3) is 0 Å². The van der Waals surface area contributed by atoms with E-state index in [9.17, 15) is 61.0 Å². The summed E-state index contributed by atoms with van der Waals surface area (Å²) in [5.74, 6) is -0.294. The molecule has 0 aliphatic carbocycles. The van der Waals surface area contributed by atoms with Crippen molar-refractivity contribution < 1.29 is 89.4 Å². The van der Waals surface area contributed by atoms with Crippen molar-refractivity contribution in [2.75, 3.05) is 26.4 Å². The van der Waals surface area contributed by atoms with Crippen LogP contribution < -0.4 is 5.32 Å². The Morgan fingerprint density at radius 1 is 0.356 bits per heavy atom. The van der Waals surface area contributed by atoms with Gasteiger partial charge in [0.15, 0.2) is 18.9 Å². The van der Waals surface area contributed by atoms with Crippen molar-refractivity contribution in [3.63, 3.8) is 0 Å². The van der Waals surface area contributed by atoms with Crippen LogP contribution in [-0.2, 0) is 33.2 Å². The fraction of sp³-hybridized carbons (Fsp3) is 0.753. The van der Waals surface area contributed by atoms with E-state index in [-0.39, 0.29) is 18.9 Å². The van der Waals surface area contributed by atoms with E-state index in [1.54, 1.807) is 6.08 Å². The van der Waals surface area contributed by atoms with Gasteiger partial charge in [-0.15, -0.1) is 0 Å². The highest BCUT2D eigenvalue weighted by atomic mass is 16.8. The summed E-state index contributed by atoms with van der Waals surface area (Å²) in [4.78, 5) is 13.5. The molecule has 0 aromatic carbocycles. The number of nitrogens with one attached hydrogen (secondary N) is 1. The maximum Gasteiger partial charge on any atom is 0.220 e. The summed E-state index contributed by atoms with van der Waals surface area (Å²) in [5.41, 5.74) is 0. The SMILES string of the molecule is CC/C=C\C/C=C\C/C=C\C/C=C\C/C=C\C/C=C\C/C=C\CCCCCCCCCCCCCCCC(=O)NC(COC1OC(CO)C(OC2OC(CO)C(OC3OC(CO)C(O)C(O)C3O)C(O)C2O)C(O)C1O)C(O)/C=C/CC/C=C/CC/C=C/CCCCCCCCCCCCCCCC. The van der Waals surface area contributed by atoms with Gasteiger partial charge in [0.05, 0.1) is 38.6 Å². The Hall–Kier alpha value is -3.81. The Bertz CT molecular complexity index is 2350. The fourth-order valence-electron chi connectivity index (χ4n) is 13.0. The number of aliphatic hydroxyl groups is 11. The molecule has 12 N–H and O–H groups in total. The standard InChI is InChI=1S/C85H145NO18/c1-3-5-7-9-11-13-15-17-19-21-23-25-27-29-30-31-32-33-34-35-36-37-38-39-41-43-45-47-49-51-53-55-57-59-61-63-73(91)86-68(69(90)62-60-58-56-54-52-50-48-46-44-42-40-28-26-24-22-20-18-16-14-12-10-8-6-4-2)67-99-83-79(97)76(94)81(71(65-88)101-83)104-85-80(98)77(95)82(72(66-89)102-85)103-84-78(96)75(93)74(92)70(64-87)100-84/h5,7,11,13,17,19,23,25,29-30,32-33,35-36,44,46,52,54,60,62,68-72,74-85,87-90,92-98H,3-4,6,8-10,12,14-16,18,20-22,24,26-28,31,34,37-43,45,47-51,53,55-59,61,63-67H2,1-2H3,(H,86,91)/b7-5-,13-11-,19-17-,25-23-,30-29-,33-32-,36-35-,46-44+,54-52+,62-60+. The fourth-order valence-corrected chi connectivity index (χ4v) is 13.0. The predicted molar refractivity (Wildman–Crippen MR) is 415 cm³/mol. The van der Waals surface area contributed by atoms with Gasteiger partial charge in [-0.1, -0.05) is 289 Å². The van der Waals surface area contributed by atoms with E-state index < -0.39 is 124 Å². The van der Waals surface area contributed by atoms with Gasteiger partial charge < -0.3 is 89.9 Å². The minimum absolute atomic E-state index is 0.224. The zero-order valence-electron chi connectivity index (χ0n) is 64.0. The molecule has 17 atom stereocenters. The molecule has 0 spiro atoms. The molecule has 17 unspecified atom stereocenters. The van der Waals surface area contributed by atoms with E-state index >= 15 is 0 Å². The smallest absolute Gasteiger partial charge is 0.220 e. The van der Waals surface area contributed by atoms with Crippen LogP contribution in [-0.4, -0.2) is 193 Å². The molecule has 19 heteroatoms. The molecule has 3 saturated heterocycles. The largest absolute Gasteiger partial charge is 0.394 e. The Morgan fingerprint density at radius 3 is 1.08 bits per heavy atom. The van der Waals surface area contributed by atoms with Gasteiger partial charge in [-0.05, 0) is 103 Å². The lowest BCUT2D eigenvalue weighted by atomic mass is 9.96. The van der Waals surface area contributed by atoms with Gasteiger partial charge in [0.2, 0.25) is 5.91 Å². The molecule has 3 heterocycles. The number of hydrogen-bond donors (Lipinski definition) is 12. The lowest BCUT2D eigenvalue weighted by Crippen LogP contribution is -2.66. The van der Waals surface area contributed by atoms with Crippen molar-refractivity contribution in [1.82, 2.24) is 5.32 Å². The quantitative estimate of drug-likeness (QED) is 0.0199. The molecule has 104 heavy (non-hydrogen) atoms. The molecule has 0 bridgehead atoms. The van der Waals surface area contributed by atoms with Crippen LogP contribution in [0.3, 0.4) is 0 Å². The van der Waals surface area contributed by atoms with Crippen LogP contribution in [0.1, 0.15) is 277 Å². The number of allylic oxidation sites excluding steroid dienone is 19. The Balaban J connectivity index is 1.38. The third-order valence-corrected chi connectivity index (χ3v) is 19.5. The van der Waals surface area contributed by atoms with Gasteiger partial charge >= 0.3 is 0 Å². The summed E-state index contributed by atoms with van der Waals surface area (Å²) in [6.07, 6.45) is 63.2. The van der Waals surface area contributed by atoms with E-state index in [4.69, 9.17) is 28.4 Å². The minimum Gasteiger partial charge on any atom is -0.394 e. The molecule has 3 aliphatic rings. The number of aliphatic hydroxyl groups excluding tert-OH is 11. The number of ether oxygens (including phenoxy) is 6. The zero-order chi connectivity index (χ0) is 75.3. The van der Waals surface area contributed by atoms with Gasteiger partial charge in [-0.2, -0.15) is 0 Å². The van der Waals surface area contributed by atoms with Crippen LogP contribution in [0.25, 0.3) is 0 Å². The summed E-state index contributed by atoms with van der Waals surface area (Å²) < 4.78 is 34.4. The molecule has 0 radical (unpaired) electrons. The van der Waals surface area contributed by atoms with Gasteiger partial charge in [-0.3, -0.25) is 4.79 Å². The number of carbonyl (C=O) groups excluding carboxylic acids is 1. The average molecular weight is 1470 g/mol. The molecule has 19 nitrogen and oxygen atoms in total.